The maximum Gasteiger partial charge on any atom is 0.416 e. The number of hydrogen-bond donors (Lipinski definition) is 1. The third-order valence-electron chi connectivity index (χ3n) is 6.95. The molecule has 4 rings (SSSR count). The number of hydrogen-bond acceptors (Lipinski definition) is 3. The summed E-state index contributed by atoms with van der Waals surface area (Å²) in [6.45, 7) is 5.55. The molecule has 0 radical (unpaired) electrons. The second-order valence-corrected chi connectivity index (χ2v) is 9.87. The molecule has 0 unspecified atom stereocenters. The van der Waals surface area contributed by atoms with Crippen LogP contribution in [-0.2, 0) is 12.7 Å². The highest BCUT2D eigenvalue weighted by molar-refractivity contribution is 5.94. The van der Waals surface area contributed by atoms with E-state index in [-0.39, 0.29) is 29.5 Å². The smallest absolute Gasteiger partial charge is 0.416 e. The van der Waals surface area contributed by atoms with Gasteiger partial charge in [-0.05, 0) is 61.7 Å². The molecule has 3 aromatic carbocycles. The summed E-state index contributed by atoms with van der Waals surface area (Å²) in [6, 6.07) is 17.6. The predicted octanol–water partition coefficient (Wildman–Crippen LogP) is 6.32. The molecule has 0 aromatic heterocycles. The lowest BCUT2D eigenvalue weighted by Gasteiger charge is -2.32. The number of alkyl halides is 3. The predicted molar refractivity (Wildman–Crippen MR) is 134 cm³/mol. The van der Waals surface area contributed by atoms with Crippen LogP contribution in [0.5, 0.6) is 5.75 Å². The Bertz CT molecular complexity index is 1230. The second-order valence-electron chi connectivity index (χ2n) is 9.87. The molecule has 0 spiro atoms. The van der Waals surface area contributed by atoms with Crippen molar-refractivity contribution in [2.45, 2.75) is 38.5 Å². The molecule has 0 saturated carbocycles. The van der Waals surface area contributed by atoms with Crippen LogP contribution in [0.4, 0.5) is 17.6 Å². The lowest BCUT2D eigenvalue weighted by atomic mass is 9.87. The molecular weight excluding hydrogens is 484 g/mol. The number of aromatic hydroxyl groups is 1. The average Bonchev–Trinajstić information content (AvgIpc) is 3.26. The van der Waals surface area contributed by atoms with Crippen molar-refractivity contribution < 1.29 is 27.5 Å². The van der Waals surface area contributed by atoms with Crippen LogP contribution in [0.15, 0.2) is 72.8 Å². The van der Waals surface area contributed by atoms with Crippen molar-refractivity contribution in [2.24, 2.45) is 5.92 Å². The maximum atomic E-state index is 13.5. The van der Waals surface area contributed by atoms with E-state index in [1.54, 1.807) is 23.1 Å². The minimum absolute atomic E-state index is 0.152. The van der Waals surface area contributed by atoms with Gasteiger partial charge in [-0.3, -0.25) is 9.69 Å². The summed E-state index contributed by atoms with van der Waals surface area (Å²) in [6.07, 6.45) is -4.46. The van der Waals surface area contributed by atoms with Crippen LogP contribution in [0.3, 0.4) is 0 Å². The van der Waals surface area contributed by atoms with Crippen molar-refractivity contribution in [1.82, 2.24) is 9.80 Å². The monoisotopic (exact) mass is 514 g/mol. The minimum Gasteiger partial charge on any atom is -0.508 e. The first-order valence-electron chi connectivity index (χ1n) is 12.3. The van der Waals surface area contributed by atoms with Crippen molar-refractivity contribution >= 4 is 5.91 Å². The fourth-order valence-corrected chi connectivity index (χ4v) is 5.02. The SMILES string of the molecule is CC(C)N(C[C@H]1CN(Cc2ccccc2O)C[C@@H]1c1cccc(C(F)(F)F)c1)C(=O)c1ccc(F)cc1. The summed E-state index contributed by atoms with van der Waals surface area (Å²) in [7, 11) is 0. The van der Waals surface area contributed by atoms with Crippen LogP contribution in [0, 0.1) is 11.7 Å². The van der Waals surface area contributed by atoms with Gasteiger partial charge in [0.05, 0.1) is 5.56 Å². The van der Waals surface area contributed by atoms with Crippen LogP contribution in [0.2, 0.25) is 0 Å². The summed E-state index contributed by atoms with van der Waals surface area (Å²) in [5.41, 5.74) is 0.951. The number of carbonyl (C=O) groups excluding carboxylic acids is 1. The van der Waals surface area contributed by atoms with Crippen LogP contribution < -0.4 is 0 Å². The molecule has 1 amide bonds. The van der Waals surface area contributed by atoms with Crippen LogP contribution in [0.25, 0.3) is 0 Å². The van der Waals surface area contributed by atoms with E-state index < -0.39 is 17.6 Å². The second kappa shape index (κ2) is 10.9. The molecule has 37 heavy (non-hydrogen) atoms. The number of phenols is 1. The average molecular weight is 515 g/mol. The molecule has 1 saturated heterocycles. The quantitative estimate of drug-likeness (QED) is 0.376. The van der Waals surface area contributed by atoms with Crippen molar-refractivity contribution in [3.63, 3.8) is 0 Å². The van der Waals surface area contributed by atoms with Gasteiger partial charge in [0.15, 0.2) is 0 Å². The van der Waals surface area contributed by atoms with Gasteiger partial charge in [-0.2, -0.15) is 13.2 Å². The molecule has 1 fully saturated rings. The van der Waals surface area contributed by atoms with Gasteiger partial charge < -0.3 is 10.0 Å². The van der Waals surface area contributed by atoms with Gasteiger partial charge in [0.25, 0.3) is 5.91 Å². The van der Waals surface area contributed by atoms with Gasteiger partial charge in [-0.1, -0.05) is 36.4 Å². The Kier molecular flexibility index (Phi) is 7.87. The summed E-state index contributed by atoms with van der Waals surface area (Å²) < 4.78 is 53.9. The Morgan fingerprint density at radius 3 is 2.38 bits per heavy atom. The highest BCUT2D eigenvalue weighted by atomic mass is 19.4. The van der Waals surface area contributed by atoms with E-state index >= 15 is 0 Å². The van der Waals surface area contributed by atoms with Crippen molar-refractivity contribution in [3.8, 4) is 5.75 Å². The van der Waals surface area contributed by atoms with E-state index in [2.05, 4.69) is 4.90 Å². The lowest BCUT2D eigenvalue weighted by molar-refractivity contribution is -0.137. The summed E-state index contributed by atoms with van der Waals surface area (Å²) in [5, 5.41) is 10.3. The van der Waals surface area contributed by atoms with Gasteiger partial charge in [-0.15, -0.1) is 0 Å². The standard InChI is InChI=1S/C29H30F4N2O2/c1-19(2)35(28(37)20-10-12-25(30)13-11-20)17-23-16-34(15-22-6-3-4-9-27(22)36)18-26(23)21-7-5-8-24(14-21)29(31,32)33/h3-14,19,23,26,36H,15-18H2,1-2H3/t23-,26-/m1/s1. The number of halogens is 4. The third-order valence-corrected chi connectivity index (χ3v) is 6.95. The largest absolute Gasteiger partial charge is 0.508 e. The van der Waals surface area contributed by atoms with E-state index in [4.69, 9.17) is 0 Å². The number of para-hydroxylation sites is 1. The summed E-state index contributed by atoms with van der Waals surface area (Å²) in [4.78, 5) is 17.1. The Labute approximate surface area is 214 Å². The van der Waals surface area contributed by atoms with E-state index in [1.807, 2.05) is 26.0 Å². The zero-order valence-electron chi connectivity index (χ0n) is 20.8. The first-order valence-corrected chi connectivity index (χ1v) is 12.3. The minimum atomic E-state index is -4.46. The highest BCUT2D eigenvalue weighted by Crippen LogP contribution is 2.38. The molecule has 0 aliphatic carbocycles. The van der Waals surface area contributed by atoms with E-state index in [1.165, 1.54) is 36.4 Å². The Morgan fingerprint density at radius 1 is 1.03 bits per heavy atom. The zero-order valence-corrected chi connectivity index (χ0v) is 20.8. The molecular formula is C29H30F4N2O2. The molecule has 2 atom stereocenters. The normalized spacial score (nSPS) is 18.4. The number of amides is 1. The van der Waals surface area contributed by atoms with E-state index in [9.17, 15) is 27.5 Å². The number of rotatable bonds is 7. The van der Waals surface area contributed by atoms with Gasteiger partial charge in [0.1, 0.15) is 11.6 Å². The molecule has 1 heterocycles. The van der Waals surface area contributed by atoms with Crippen molar-refractivity contribution in [2.75, 3.05) is 19.6 Å². The number of nitrogens with zero attached hydrogens (tertiary/aromatic N) is 2. The molecule has 0 bridgehead atoms. The maximum absolute atomic E-state index is 13.5. The molecule has 196 valence electrons. The molecule has 4 nitrogen and oxygen atoms in total. The summed E-state index contributed by atoms with van der Waals surface area (Å²) >= 11 is 0. The van der Waals surface area contributed by atoms with E-state index in [0.717, 1.165) is 11.6 Å². The number of likely N-dealkylation sites (tertiary alicyclic amines) is 1. The first-order chi connectivity index (χ1) is 17.5. The van der Waals surface area contributed by atoms with Gasteiger partial charge in [0, 0.05) is 49.3 Å². The van der Waals surface area contributed by atoms with Gasteiger partial charge >= 0.3 is 6.18 Å². The summed E-state index contributed by atoms with van der Waals surface area (Å²) in [5.74, 6) is -0.932. The van der Waals surface area contributed by atoms with Crippen molar-refractivity contribution in [3.05, 3.63) is 101 Å². The van der Waals surface area contributed by atoms with Crippen LogP contribution >= 0.6 is 0 Å². The molecule has 1 aliphatic rings. The van der Waals surface area contributed by atoms with E-state index in [0.29, 0.717) is 37.3 Å². The Hall–Kier alpha value is -3.39. The highest BCUT2D eigenvalue weighted by Gasteiger charge is 2.38. The number of benzene rings is 3. The fraction of sp³-hybridized carbons (Fsp3) is 0.345. The molecule has 1 aliphatic heterocycles. The molecule has 1 N–H and O–H groups in total. The molecule has 8 heteroatoms. The topological polar surface area (TPSA) is 43.8 Å². The number of carbonyl (C=O) groups is 1. The van der Waals surface area contributed by atoms with Crippen LogP contribution in [0.1, 0.15) is 46.8 Å². The number of phenolic OH excluding ortho intramolecular Hbond substituents is 1. The van der Waals surface area contributed by atoms with Gasteiger partial charge in [0.2, 0.25) is 0 Å². The fourth-order valence-electron chi connectivity index (χ4n) is 5.02. The molecule has 3 aromatic rings. The zero-order chi connectivity index (χ0) is 26.7. The Morgan fingerprint density at radius 2 is 1.73 bits per heavy atom. The third kappa shape index (κ3) is 6.31. The van der Waals surface area contributed by atoms with Crippen molar-refractivity contribution in [1.29, 1.82) is 0 Å². The lowest BCUT2D eigenvalue weighted by Crippen LogP contribution is -2.42. The van der Waals surface area contributed by atoms with Crippen LogP contribution in [-0.4, -0.2) is 46.5 Å². The van der Waals surface area contributed by atoms with Gasteiger partial charge in [-0.25, -0.2) is 4.39 Å². The Balaban J connectivity index is 1.63. The first kappa shape index (κ1) is 26.7.